The quantitative estimate of drug-likeness (QED) is 0.754. The van der Waals surface area contributed by atoms with Crippen LogP contribution < -0.4 is 10.1 Å². The molecule has 5 nitrogen and oxygen atoms in total. The van der Waals surface area contributed by atoms with E-state index >= 15 is 0 Å². The van der Waals surface area contributed by atoms with Gasteiger partial charge in [0.15, 0.2) is 0 Å². The topological polar surface area (TPSA) is 61.8 Å². The lowest BCUT2D eigenvalue weighted by atomic mass is 10.1. The third-order valence-electron chi connectivity index (χ3n) is 3.33. The first kappa shape index (κ1) is 17.5. The summed E-state index contributed by atoms with van der Waals surface area (Å²) in [6.45, 7) is 7.33. The van der Waals surface area contributed by atoms with Crippen LogP contribution >= 0.6 is 0 Å². The highest BCUT2D eigenvalue weighted by atomic mass is 16.5. The Bertz CT molecular complexity index is 463. The van der Waals surface area contributed by atoms with Gasteiger partial charge in [-0.15, -0.1) is 0 Å². The minimum Gasteiger partial charge on any atom is -0.491 e. The van der Waals surface area contributed by atoms with Crippen molar-refractivity contribution in [3.8, 4) is 5.75 Å². The number of carbonyl (C=O) groups excluding carboxylic acids is 1. The van der Waals surface area contributed by atoms with Crippen LogP contribution in [0.2, 0.25) is 0 Å². The third kappa shape index (κ3) is 6.14. The summed E-state index contributed by atoms with van der Waals surface area (Å²) in [6, 6.07) is 5.97. The molecular weight excluding hydrogens is 268 g/mol. The number of nitrogens with one attached hydrogen (secondary N) is 1. The summed E-state index contributed by atoms with van der Waals surface area (Å²) in [6.07, 6.45) is -0.648. The van der Waals surface area contributed by atoms with Gasteiger partial charge in [0.25, 0.3) is 0 Å². The molecule has 0 aromatic heterocycles. The molecule has 0 heterocycles. The van der Waals surface area contributed by atoms with Crippen molar-refractivity contribution in [3.05, 3.63) is 29.3 Å². The zero-order chi connectivity index (χ0) is 15.8. The van der Waals surface area contributed by atoms with Crippen molar-refractivity contribution < 1.29 is 14.6 Å². The summed E-state index contributed by atoms with van der Waals surface area (Å²) >= 11 is 0. The second kappa shape index (κ2) is 8.64. The molecule has 0 aliphatic rings. The Morgan fingerprint density at radius 2 is 2.14 bits per heavy atom. The van der Waals surface area contributed by atoms with Crippen LogP contribution in [0.1, 0.15) is 18.1 Å². The van der Waals surface area contributed by atoms with Gasteiger partial charge in [-0.2, -0.15) is 0 Å². The maximum atomic E-state index is 11.6. The third-order valence-corrected chi connectivity index (χ3v) is 3.33. The van der Waals surface area contributed by atoms with E-state index in [-0.39, 0.29) is 19.1 Å². The molecule has 118 valence electrons. The van der Waals surface area contributed by atoms with E-state index in [9.17, 15) is 9.90 Å². The van der Waals surface area contributed by atoms with Crippen molar-refractivity contribution in [2.24, 2.45) is 0 Å². The molecule has 0 saturated heterocycles. The highest BCUT2D eigenvalue weighted by molar-refractivity contribution is 5.77. The van der Waals surface area contributed by atoms with E-state index in [1.165, 1.54) is 0 Å². The number of hydrogen-bond acceptors (Lipinski definition) is 4. The van der Waals surface area contributed by atoms with E-state index in [2.05, 4.69) is 5.32 Å². The maximum absolute atomic E-state index is 11.6. The van der Waals surface area contributed by atoms with Crippen molar-refractivity contribution in [1.29, 1.82) is 0 Å². The Balaban J connectivity index is 2.29. The van der Waals surface area contributed by atoms with Gasteiger partial charge in [-0.3, -0.25) is 4.79 Å². The Morgan fingerprint density at radius 3 is 2.81 bits per heavy atom. The number of ether oxygens (including phenoxy) is 1. The summed E-state index contributed by atoms with van der Waals surface area (Å²) in [5.41, 5.74) is 2.16. The molecule has 0 radical (unpaired) electrons. The molecule has 2 N–H and O–H groups in total. The molecule has 0 bridgehead atoms. The summed E-state index contributed by atoms with van der Waals surface area (Å²) in [7, 11) is 1.75. The smallest absolute Gasteiger partial charge is 0.236 e. The largest absolute Gasteiger partial charge is 0.491 e. The van der Waals surface area contributed by atoms with Gasteiger partial charge in [-0.05, 0) is 38.0 Å². The van der Waals surface area contributed by atoms with Crippen molar-refractivity contribution in [2.75, 3.05) is 33.3 Å². The molecule has 21 heavy (non-hydrogen) atoms. The van der Waals surface area contributed by atoms with Gasteiger partial charge in [0, 0.05) is 20.1 Å². The van der Waals surface area contributed by atoms with E-state index in [0.29, 0.717) is 13.1 Å². The zero-order valence-corrected chi connectivity index (χ0v) is 13.3. The van der Waals surface area contributed by atoms with E-state index in [1.54, 1.807) is 11.9 Å². The number of aryl methyl sites for hydroxylation is 2. The van der Waals surface area contributed by atoms with Crippen LogP contribution in [0.15, 0.2) is 18.2 Å². The summed E-state index contributed by atoms with van der Waals surface area (Å²) in [4.78, 5) is 13.2. The molecule has 1 aromatic rings. The fourth-order valence-corrected chi connectivity index (χ4v) is 1.76. The predicted molar refractivity (Wildman–Crippen MR) is 83.6 cm³/mol. The first-order valence-corrected chi connectivity index (χ1v) is 7.26. The fourth-order valence-electron chi connectivity index (χ4n) is 1.76. The van der Waals surface area contributed by atoms with Gasteiger partial charge in [0.2, 0.25) is 5.91 Å². The fraction of sp³-hybridized carbons (Fsp3) is 0.562. The lowest BCUT2D eigenvalue weighted by Crippen LogP contribution is -2.39. The minimum absolute atomic E-state index is 0.0140. The van der Waals surface area contributed by atoms with Crippen LogP contribution in [-0.2, 0) is 4.79 Å². The van der Waals surface area contributed by atoms with Crippen LogP contribution in [-0.4, -0.2) is 55.3 Å². The van der Waals surface area contributed by atoms with E-state index < -0.39 is 6.10 Å². The first-order chi connectivity index (χ1) is 9.93. The number of nitrogens with zero attached hydrogens (tertiary/aromatic N) is 1. The molecule has 1 amide bonds. The van der Waals surface area contributed by atoms with Crippen LogP contribution in [0.5, 0.6) is 5.75 Å². The Morgan fingerprint density at radius 1 is 1.43 bits per heavy atom. The highest BCUT2D eigenvalue weighted by Gasteiger charge is 2.09. The lowest BCUT2D eigenvalue weighted by Gasteiger charge is -2.17. The van der Waals surface area contributed by atoms with Crippen LogP contribution in [0.4, 0.5) is 0 Å². The van der Waals surface area contributed by atoms with Crippen molar-refractivity contribution >= 4 is 5.91 Å². The van der Waals surface area contributed by atoms with Crippen LogP contribution in [0.25, 0.3) is 0 Å². The predicted octanol–water partition coefficient (Wildman–Crippen LogP) is 1.11. The highest BCUT2D eigenvalue weighted by Crippen LogP contribution is 2.19. The van der Waals surface area contributed by atoms with Gasteiger partial charge in [-0.25, -0.2) is 0 Å². The lowest BCUT2D eigenvalue weighted by molar-refractivity contribution is -0.128. The minimum atomic E-state index is -0.648. The van der Waals surface area contributed by atoms with Gasteiger partial charge in [0.05, 0.1) is 6.54 Å². The number of rotatable bonds is 8. The molecule has 1 atom stereocenters. The average molecular weight is 294 g/mol. The molecule has 0 aliphatic carbocycles. The summed E-state index contributed by atoms with van der Waals surface area (Å²) < 4.78 is 5.62. The van der Waals surface area contributed by atoms with Gasteiger partial charge >= 0.3 is 0 Å². The van der Waals surface area contributed by atoms with Crippen LogP contribution in [0, 0.1) is 13.8 Å². The number of aliphatic hydroxyl groups is 1. The average Bonchev–Trinajstić information content (AvgIpc) is 2.47. The normalized spacial score (nSPS) is 12.0. The second-order valence-electron chi connectivity index (χ2n) is 5.27. The zero-order valence-electron chi connectivity index (χ0n) is 13.3. The molecule has 0 saturated carbocycles. The number of amides is 1. The number of hydrogen-bond donors (Lipinski definition) is 2. The molecule has 1 rings (SSSR count). The van der Waals surface area contributed by atoms with Gasteiger partial charge in [-0.1, -0.05) is 12.1 Å². The van der Waals surface area contributed by atoms with Gasteiger partial charge in [0.1, 0.15) is 18.5 Å². The van der Waals surface area contributed by atoms with E-state index in [0.717, 1.165) is 16.9 Å². The Labute approximate surface area is 126 Å². The monoisotopic (exact) mass is 294 g/mol. The summed E-state index contributed by atoms with van der Waals surface area (Å²) in [5, 5.41) is 12.8. The van der Waals surface area contributed by atoms with Crippen molar-refractivity contribution in [1.82, 2.24) is 10.2 Å². The SMILES string of the molecule is CCN(C)C(=O)CNCC(O)COc1cc(C)ccc1C. The standard InChI is InChI=1S/C16H26N2O3/c1-5-18(4)16(20)10-17-9-14(19)11-21-15-8-12(2)6-7-13(15)3/h6-8,14,17,19H,5,9-11H2,1-4H3. The van der Waals surface area contributed by atoms with E-state index in [1.807, 2.05) is 39.0 Å². The van der Waals surface area contributed by atoms with Gasteiger partial charge < -0.3 is 20.1 Å². The molecule has 0 fully saturated rings. The Hall–Kier alpha value is -1.59. The molecule has 0 aliphatic heterocycles. The number of aliphatic hydroxyl groups excluding tert-OH is 1. The molecular formula is C16H26N2O3. The van der Waals surface area contributed by atoms with E-state index in [4.69, 9.17) is 4.74 Å². The number of carbonyl (C=O) groups is 1. The van der Waals surface area contributed by atoms with Crippen molar-refractivity contribution in [3.63, 3.8) is 0 Å². The molecule has 5 heteroatoms. The van der Waals surface area contributed by atoms with Crippen molar-refractivity contribution in [2.45, 2.75) is 26.9 Å². The molecule has 0 spiro atoms. The maximum Gasteiger partial charge on any atom is 0.236 e. The Kier molecular flexibility index (Phi) is 7.19. The second-order valence-corrected chi connectivity index (χ2v) is 5.27. The summed E-state index contributed by atoms with van der Waals surface area (Å²) in [5.74, 6) is 0.802. The molecule has 1 aromatic carbocycles. The number of likely N-dealkylation sites (N-methyl/N-ethyl adjacent to an activating group) is 1. The van der Waals surface area contributed by atoms with Crippen LogP contribution in [0.3, 0.4) is 0 Å². The first-order valence-electron chi connectivity index (χ1n) is 7.26. The number of benzene rings is 1. The molecule has 1 unspecified atom stereocenters.